The predicted octanol–water partition coefficient (Wildman–Crippen LogP) is 5.19. The van der Waals surface area contributed by atoms with Gasteiger partial charge in [0.25, 0.3) is 5.91 Å². The zero-order chi connectivity index (χ0) is 16.9. The zero-order valence-electron chi connectivity index (χ0n) is 12.9. The number of carbonyl (C=O) groups excluding carboxylic acids is 1. The summed E-state index contributed by atoms with van der Waals surface area (Å²) < 4.78 is 6.68. The highest BCUT2D eigenvalue weighted by Crippen LogP contribution is 2.26. The van der Waals surface area contributed by atoms with Crippen LogP contribution in [0.15, 0.2) is 64.6 Å². The van der Waals surface area contributed by atoms with Gasteiger partial charge in [0.15, 0.2) is 0 Å². The van der Waals surface area contributed by atoms with Crippen molar-refractivity contribution in [3.05, 3.63) is 75.0 Å². The number of carbonyl (C=O) groups is 1. The lowest BCUT2D eigenvalue weighted by Crippen LogP contribution is -2.26. The summed E-state index contributed by atoms with van der Waals surface area (Å²) >= 11 is 5.01. The fourth-order valence-corrected chi connectivity index (χ4v) is 3.28. The zero-order valence-corrected chi connectivity index (χ0v) is 15.3. The highest BCUT2D eigenvalue weighted by Gasteiger charge is 2.17. The molecule has 0 bridgehead atoms. The molecule has 0 spiro atoms. The maximum Gasteiger partial charge on any atom is 0.257 e. The normalized spacial score (nSPS) is 11.8. The van der Waals surface area contributed by atoms with E-state index in [0.29, 0.717) is 11.3 Å². The van der Waals surface area contributed by atoms with Crippen LogP contribution in [0.5, 0.6) is 11.6 Å². The molecule has 0 aliphatic carbocycles. The van der Waals surface area contributed by atoms with Gasteiger partial charge in [-0.1, -0.05) is 28.1 Å². The molecule has 6 heteroatoms. The molecule has 24 heavy (non-hydrogen) atoms. The van der Waals surface area contributed by atoms with E-state index in [0.717, 1.165) is 9.35 Å². The number of nitrogens with zero attached hydrogens (tertiary/aromatic N) is 1. The van der Waals surface area contributed by atoms with Crippen LogP contribution in [-0.4, -0.2) is 10.9 Å². The molecule has 0 radical (unpaired) electrons. The SMILES string of the molecule is C[C@@H](NC(=O)c1cccnc1Oc1cccc(Br)c1)c1cccs1. The number of amides is 1. The van der Waals surface area contributed by atoms with Gasteiger partial charge in [0.2, 0.25) is 5.88 Å². The Kier molecular flexibility index (Phi) is 5.27. The fraction of sp³-hybridized carbons (Fsp3) is 0.111. The number of hydrogen-bond donors (Lipinski definition) is 1. The second-order valence-electron chi connectivity index (χ2n) is 5.13. The molecule has 1 amide bonds. The Bertz CT molecular complexity index is 837. The first kappa shape index (κ1) is 16.7. The van der Waals surface area contributed by atoms with E-state index >= 15 is 0 Å². The lowest BCUT2D eigenvalue weighted by Gasteiger charge is -2.14. The monoisotopic (exact) mass is 402 g/mol. The van der Waals surface area contributed by atoms with E-state index < -0.39 is 0 Å². The Morgan fingerprint density at radius 1 is 1.25 bits per heavy atom. The van der Waals surface area contributed by atoms with Crippen molar-refractivity contribution in [1.82, 2.24) is 10.3 Å². The van der Waals surface area contributed by atoms with Crippen molar-refractivity contribution in [2.75, 3.05) is 0 Å². The van der Waals surface area contributed by atoms with Crippen LogP contribution in [0.25, 0.3) is 0 Å². The van der Waals surface area contributed by atoms with E-state index in [4.69, 9.17) is 4.74 Å². The Hall–Kier alpha value is -2.18. The standard InChI is InChI=1S/C18H15BrN2O2S/c1-12(16-8-4-10-24-16)21-17(22)15-7-3-9-20-18(15)23-14-6-2-5-13(19)11-14/h2-12H,1H3,(H,21,22)/t12-/m1/s1. The van der Waals surface area contributed by atoms with E-state index in [2.05, 4.69) is 26.2 Å². The van der Waals surface area contributed by atoms with Gasteiger partial charge in [-0.25, -0.2) is 4.98 Å². The molecular weight excluding hydrogens is 388 g/mol. The number of pyridine rings is 1. The number of thiophene rings is 1. The van der Waals surface area contributed by atoms with Crippen molar-refractivity contribution >= 4 is 33.2 Å². The van der Waals surface area contributed by atoms with E-state index in [1.807, 2.05) is 48.7 Å². The first-order chi connectivity index (χ1) is 11.6. The summed E-state index contributed by atoms with van der Waals surface area (Å²) in [6.45, 7) is 1.95. The number of hydrogen-bond acceptors (Lipinski definition) is 4. The predicted molar refractivity (Wildman–Crippen MR) is 98.7 cm³/mol. The molecule has 2 heterocycles. The van der Waals surface area contributed by atoms with Crippen LogP contribution >= 0.6 is 27.3 Å². The first-order valence-electron chi connectivity index (χ1n) is 7.36. The molecule has 122 valence electrons. The van der Waals surface area contributed by atoms with Crippen LogP contribution in [0.1, 0.15) is 28.2 Å². The molecule has 0 fully saturated rings. The van der Waals surface area contributed by atoms with Gasteiger partial charge in [-0.2, -0.15) is 0 Å². The maximum absolute atomic E-state index is 12.6. The summed E-state index contributed by atoms with van der Waals surface area (Å²) in [6, 6.07) is 14.7. The quantitative estimate of drug-likeness (QED) is 0.638. The molecular formula is C18H15BrN2O2S. The largest absolute Gasteiger partial charge is 0.438 e. The molecule has 1 N–H and O–H groups in total. The van der Waals surface area contributed by atoms with Crippen LogP contribution in [0.4, 0.5) is 0 Å². The number of halogens is 1. The minimum absolute atomic E-state index is 0.0728. The highest BCUT2D eigenvalue weighted by atomic mass is 79.9. The Labute approximate surface area is 152 Å². The number of rotatable bonds is 5. The van der Waals surface area contributed by atoms with Gasteiger partial charge in [0, 0.05) is 15.5 Å². The van der Waals surface area contributed by atoms with Gasteiger partial charge >= 0.3 is 0 Å². The van der Waals surface area contributed by atoms with Gasteiger partial charge in [-0.05, 0) is 48.7 Å². The highest BCUT2D eigenvalue weighted by molar-refractivity contribution is 9.10. The van der Waals surface area contributed by atoms with Crippen molar-refractivity contribution in [2.24, 2.45) is 0 Å². The molecule has 1 aromatic carbocycles. The lowest BCUT2D eigenvalue weighted by molar-refractivity contribution is 0.0937. The molecule has 0 aliphatic heterocycles. The first-order valence-corrected chi connectivity index (χ1v) is 9.03. The minimum atomic E-state index is -0.214. The third-order valence-electron chi connectivity index (χ3n) is 3.34. The number of nitrogens with one attached hydrogen (secondary N) is 1. The molecule has 1 atom stereocenters. The average molecular weight is 403 g/mol. The number of benzene rings is 1. The average Bonchev–Trinajstić information content (AvgIpc) is 3.10. The molecule has 3 rings (SSSR count). The third-order valence-corrected chi connectivity index (χ3v) is 4.89. The maximum atomic E-state index is 12.6. The molecule has 0 saturated carbocycles. The fourth-order valence-electron chi connectivity index (χ4n) is 2.17. The summed E-state index contributed by atoms with van der Waals surface area (Å²) in [5.41, 5.74) is 0.404. The smallest absolute Gasteiger partial charge is 0.257 e. The van der Waals surface area contributed by atoms with Gasteiger partial charge in [-0.3, -0.25) is 4.79 Å². The Morgan fingerprint density at radius 3 is 2.88 bits per heavy atom. The van der Waals surface area contributed by atoms with E-state index in [9.17, 15) is 4.79 Å². The second kappa shape index (κ2) is 7.59. The van der Waals surface area contributed by atoms with Gasteiger partial charge in [0.05, 0.1) is 6.04 Å². The van der Waals surface area contributed by atoms with Gasteiger partial charge < -0.3 is 10.1 Å². The van der Waals surface area contributed by atoms with Crippen molar-refractivity contribution in [3.8, 4) is 11.6 Å². The second-order valence-corrected chi connectivity index (χ2v) is 7.02. The minimum Gasteiger partial charge on any atom is -0.438 e. The summed E-state index contributed by atoms with van der Waals surface area (Å²) in [7, 11) is 0. The van der Waals surface area contributed by atoms with Crippen LogP contribution < -0.4 is 10.1 Å². The Balaban J connectivity index is 1.79. The van der Waals surface area contributed by atoms with Gasteiger partial charge in [0.1, 0.15) is 11.3 Å². The molecule has 0 saturated heterocycles. The molecule has 0 aliphatic rings. The van der Waals surface area contributed by atoms with Crippen LogP contribution in [0.2, 0.25) is 0 Å². The number of aromatic nitrogens is 1. The third kappa shape index (κ3) is 4.01. The molecule has 0 unspecified atom stereocenters. The topological polar surface area (TPSA) is 51.2 Å². The summed E-state index contributed by atoms with van der Waals surface area (Å²) in [4.78, 5) is 17.9. The van der Waals surface area contributed by atoms with E-state index in [1.54, 1.807) is 29.7 Å². The van der Waals surface area contributed by atoms with Crippen molar-refractivity contribution in [1.29, 1.82) is 0 Å². The van der Waals surface area contributed by atoms with E-state index in [1.165, 1.54) is 0 Å². The summed E-state index contributed by atoms with van der Waals surface area (Å²) in [5, 5.41) is 4.97. The van der Waals surface area contributed by atoms with Crippen LogP contribution in [-0.2, 0) is 0 Å². The lowest BCUT2D eigenvalue weighted by atomic mass is 10.2. The Morgan fingerprint density at radius 2 is 2.12 bits per heavy atom. The molecule has 2 aromatic heterocycles. The van der Waals surface area contributed by atoms with Gasteiger partial charge in [-0.15, -0.1) is 11.3 Å². The summed E-state index contributed by atoms with van der Waals surface area (Å²) in [5.74, 6) is 0.684. The van der Waals surface area contributed by atoms with Crippen molar-refractivity contribution < 1.29 is 9.53 Å². The summed E-state index contributed by atoms with van der Waals surface area (Å²) in [6.07, 6.45) is 1.60. The molecule has 4 nitrogen and oxygen atoms in total. The molecule has 3 aromatic rings. The van der Waals surface area contributed by atoms with Crippen LogP contribution in [0.3, 0.4) is 0 Å². The van der Waals surface area contributed by atoms with E-state index in [-0.39, 0.29) is 17.8 Å². The van der Waals surface area contributed by atoms with Crippen LogP contribution in [0, 0.1) is 0 Å². The van der Waals surface area contributed by atoms with Crippen molar-refractivity contribution in [3.63, 3.8) is 0 Å². The van der Waals surface area contributed by atoms with Crippen molar-refractivity contribution in [2.45, 2.75) is 13.0 Å². The number of ether oxygens (including phenoxy) is 1.